The summed E-state index contributed by atoms with van der Waals surface area (Å²) in [4.78, 5) is 0. The number of fused-ring (bicyclic) bond motifs is 1. The van der Waals surface area contributed by atoms with Crippen molar-refractivity contribution in [3.8, 4) is 23.0 Å². The maximum absolute atomic E-state index is 9.92. The van der Waals surface area contributed by atoms with E-state index >= 15 is 0 Å². The molecule has 106 valence electrons. The summed E-state index contributed by atoms with van der Waals surface area (Å²) in [6.45, 7) is 0. The molecule has 0 heterocycles. The average molecular weight is 282 g/mol. The lowest BCUT2D eigenvalue weighted by Gasteiger charge is -2.11. The van der Waals surface area contributed by atoms with Gasteiger partial charge >= 0.3 is 0 Å². The summed E-state index contributed by atoms with van der Waals surface area (Å²) in [6.07, 6.45) is 0.537. The van der Waals surface area contributed by atoms with Crippen LogP contribution in [0.25, 0.3) is 10.8 Å². The van der Waals surface area contributed by atoms with E-state index in [1.807, 2.05) is 0 Å². The molecule has 0 fully saturated rings. The Bertz CT molecular complexity index is 807. The van der Waals surface area contributed by atoms with Crippen LogP contribution < -0.4 is 0 Å². The molecule has 0 spiro atoms. The van der Waals surface area contributed by atoms with Crippen molar-refractivity contribution in [2.24, 2.45) is 0 Å². The van der Waals surface area contributed by atoms with Gasteiger partial charge in [0.25, 0.3) is 0 Å². The van der Waals surface area contributed by atoms with E-state index in [9.17, 15) is 20.4 Å². The highest BCUT2D eigenvalue weighted by Gasteiger charge is 2.12. The highest BCUT2D eigenvalue weighted by atomic mass is 16.3. The number of rotatable bonds is 2. The third-order valence-corrected chi connectivity index (χ3v) is 3.49. The largest absolute Gasteiger partial charge is 0.508 e. The number of hydrogen-bond acceptors (Lipinski definition) is 4. The van der Waals surface area contributed by atoms with Gasteiger partial charge in [0.15, 0.2) is 11.5 Å². The van der Waals surface area contributed by atoms with Crippen molar-refractivity contribution < 1.29 is 20.4 Å². The molecule has 0 saturated carbocycles. The second-order valence-corrected chi connectivity index (χ2v) is 4.98. The minimum absolute atomic E-state index is 0.0268. The van der Waals surface area contributed by atoms with Gasteiger partial charge < -0.3 is 20.4 Å². The van der Waals surface area contributed by atoms with Crippen molar-refractivity contribution in [2.75, 3.05) is 0 Å². The van der Waals surface area contributed by atoms with Gasteiger partial charge in [0, 0.05) is 5.39 Å². The van der Waals surface area contributed by atoms with Crippen molar-refractivity contribution in [1.29, 1.82) is 0 Å². The molecule has 0 radical (unpaired) electrons. The minimum Gasteiger partial charge on any atom is -0.508 e. The van der Waals surface area contributed by atoms with Gasteiger partial charge in [-0.2, -0.15) is 0 Å². The number of hydrogen-bond donors (Lipinski definition) is 4. The second-order valence-electron chi connectivity index (χ2n) is 4.98. The lowest BCUT2D eigenvalue weighted by Crippen LogP contribution is -1.90. The standard InChI is InChI=1S/C17H14O4/c18-12-3-1-10(2-4-12)7-11-8-16(20)17(21)15-9-13(19)5-6-14(11)15/h1-6,8-9,18-21H,7H2. The van der Waals surface area contributed by atoms with E-state index in [2.05, 4.69) is 0 Å². The predicted molar refractivity (Wildman–Crippen MR) is 79.9 cm³/mol. The normalized spacial score (nSPS) is 10.9. The smallest absolute Gasteiger partial charge is 0.165 e. The molecule has 21 heavy (non-hydrogen) atoms. The van der Waals surface area contributed by atoms with Crippen LogP contribution in [0.4, 0.5) is 0 Å². The van der Waals surface area contributed by atoms with E-state index in [4.69, 9.17) is 0 Å². The Kier molecular flexibility index (Phi) is 3.06. The summed E-state index contributed by atoms with van der Waals surface area (Å²) < 4.78 is 0. The first-order valence-electron chi connectivity index (χ1n) is 6.49. The highest BCUT2D eigenvalue weighted by molar-refractivity contribution is 5.94. The first-order chi connectivity index (χ1) is 10.0. The quantitative estimate of drug-likeness (QED) is 0.544. The zero-order valence-corrected chi connectivity index (χ0v) is 11.1. The van der Waals surface area contributed by atoms with Gasteiger partial charge in [0.1, 0.15) is 11.5 Å². The van der Waals surface area contributed by atoms with Gasteiger partial charge in [-0.1, -0.05) is 18.2 Å². The maximum atomic E-state index is 9.92. The fraction of sp³-hybridized carbons (Fsp3) is 0.0588. The summed E-state index contributed by atoms with van der Waals surface area (Å²) in [5, 5.41) is 39.8. The molecule has 4 N–H and O–H groups in total. The van der Waals surface area contributed by atoms with Gasteiger partial charge in [0.05, 0.1) is 0 Å². The molecule has 0 aliphatic carbocycles. The highest BCUT2D eigenvalue weighted by Crippen LogP contribution is 2.38. The fourth-order valence-electron chi connectivity index (χ4n) is 2.44. The first-order valence-corrected chi connectivity index (χ1v) is 6.49. The first kappa shape index (κ1) is 13.1. The molecule has 0 unspecified atom stereocenters. The van der Waals surface area contributed by atoms with E-state index in [-0.39, 0.29) is 23.0 Å². The zero-order valence-electron chi connectivity index (χ0n) is 11.1. The summed E-state index contributed by atoms with van der Waals surface area (Å²) in [7, 11) is 0. The molecular formula is C17H14O4. The van der Waals surface area contributed by atoms with Crippen LogP contribution in [0, 0.1) is 0 Å². The minimum atomic E-state index is -0.240. The predicted octanol–water partition coefficient (Wildman–Crippen LogP) is 3.25. The van der Waals surface area contributed by atoms with Crippen molar-refractivity contribution in [3.63, 3.8) is 0 Å². The molecule has 3 aromatic rings. The van der Waals surface area contributed by atoms with Crippen molar-refractivity contribution in [1.82, 2.24) is 0 Å². The third-order valence-electron chi connectivity index (χ3n) is 3.49. The van der Waals surface area contributed by atoms with Crippen LogP contribution in [0.5, 0.6) is 23.0 Å². The lowest BCUT2D eigenvalue weighted by atomic mass is 9.97. The zero-order chi connectivity index (χ0) is 15.0. The van der Waals surface area contributed by atoms with Gasteiger partial charge in [-0.25, -0.2) is 0 Å². The van der Waals surface area contributed by atoms with E-state index < -0.39 is 0 Å². The second kappa shape index (κ2) is 4.90. The summed E-state index contributed by atoms with van der Waals surface area (Å²) in [5.74, 6) is -0.238. The average Bonchev–Trinajstić information content (AvgIpc) is 2.47. The van der Waals surface area contributed by atoms with E-state index in [0.29, 0.717) is 11.8 Å². The fourth-order valence-corrected chi connectivity index (χ4v) is 2.44. The van der Waals surface area contributed by atoms with Gasteiger partial charge in [-0.15, -0.1) is 0 Å². The Morgan fingerprint density at radius 2 is 1.33 bits per heavy atom. The number of phenols is 4. The molecule has 0 amide bonds. The van der Waals surface area contributed by atoms with Crippen LogP contribution in [0.15, 0.2) is 48.5 Å². The Balaban J connectivity index is 2.14. The lowest BCUT2D eigenvalue weighted by molar-refractivity contribution is 0.407. The molecule has 0 aliphatic rings. The number of benzene rings is 3. The Morgan fingerprint density at radius 1 is 0.667 bits per heavy atom. The monoisotopic (exact) mass is 282 g/mol. The van der Waals surface area contributed by atoms with Gasteiger partial charge in [0.2, 0.25) is 0 Å². The Morgan fingerprint density at radius 3 is 2.05 bits per heavy atom. The molecule has 0 bridgehead atoms. The topological polar surface area (TPSA) is 80.9 Å². The van der Waals surface area contributed by atoms with Gasteiger partial charge in [-0.3, -0.25) is 0 Å². The summed E-state index contributed by atoms with van der Waals surface area (Å²) in [5.41, 5.74) is 1.79. The van der Waals surface area contributed by atoms with Crippen LogP contribution in [-0.2, 0) is 6.42 Å². The molecule has 0 aromatic heterocycles. The molecule has 3 rings (SSSR count). The van der Waals surface area contributed by atoms with Crippen LogP contribution in [0.2, 0.25) is 0 Å². The van der Waals surface area contributed by atoms with E-state index in [1.54, 1.807) is 36.4 Å². The van der Waals surface area contributed by atoms with Crippen LogP contribution in [0.3, 0.4) is 0 Å². The summed E-state index contributed by atoms with van der Waals surface area (Å²) >= 11 is 0. The maximum Gasteiger partial charge on any atom is 0.165 e. The molecule has 0 aliphatic heterocycles. The number of aromatic hydroxyl groups is 4. The molecule has 0 atom stereocenters. The Hall–Kier alpha value is -2.88. The summed E-state index contributed by atoms with van der Waals surface area (Å²) in [6, 6.07) is 13.0. The number of phenolic OH excluding ortho intramolecular Hbond substituents is 4. The van der Waals surface area contributed by atoms with Gasteiger partial charge in [-0.05, 0) is 53.3 Å². The van der Waals surface area contributed by atoms with Crippen LogP contribution in [0.1, 0.15) is 11.1 Å². The van der Waals surface area contributed by atoms with Crippen molar-refractivity contribution >= 4 is 10.8 Å². The molecule has 4 heteroatoms. The van der Waals surface area contributed by atoms with E-state index in [0.717, 1.165) is 16.5 Å². The van der Waals surface area contributed by atoms with Crippen LogP contribution in [-0.4, -0.2) is 20.4 Å². The third kappa shape index (κ3) is 2.43. The molecular weight excluding hydrogens is 268 g/mol. The van der Waals surface area contributed by atoms with E-state index in [1.165, 1.54) is 12.1 Å². The van der Waals surface area contributed by atoms with Crippen molar-refractivity contribution in [3.05, 3.63) is 59.7 Å². The van der Waals surface area contributed by atoms with Crippen molar-refractivity contribution in [2.45, 2.75) is 6.42 Å². The molecule has 4 nitrogen and oxygen atoms in total. The Labute approximate surface area is 121 Å². The molecule has 0 saturated heterocycles. The molecule has 3 aromatic carbocycles. The SMILES string of the molecule is Oc1ccc(Cc2cc(O)c(O)c3cc(O)ccc23)cc1. The van der Waals surface area contributed by atoms with Crippen LogP contribution >= 0.6 is 0 Å².